The van der Waals surface area contributed by atoms with Crippen LogP contribution in [0.2, 0.25) is 0 Å². The molecule has 1 N–H and O–H groups in total. The highest BCUT2D eigenvalue weighted by atomic mass is 16.5. The van der Waals surface area contributed by atoms with E-state index in [0.29, 0.717) is 12.2 Å². The van der Waals surface area contributed by atoms with E-state index in [1.54, 1.807) is 24.5 Å². The Labute approximate surface area is 111 Å². The summed E-state index contributed by atoms with van der Waals surface area (Å²) in [6.07, 6.45) is 4.00. The van der Waals surface area contributed by atoms with Gasteiger partial charge in [0.15, 0.2) is 0 Å². The van der Waals surface area contributed by atoms with Gasteiger partial charge in [-0.2, -0.15) is 0 Å². The van der Waals surface area contributed by atoms with Crippen molar-refractivity contribution in [3.63, 3.8) is 0 Å². The zero-order valence-electron chi connectivity index (χ0n) is 10.4. The molecule has 3 rings (SSSR count). The Morgan fingerprint density at radius 1 is 1.26 bits per heavy atom. The molecule has 1 aliphatic heterocycles. The van der Waals surface area contributed by atoms with Gasteiger partial charge in [0.2, 0.25) is 0 Å². The Kier molecular flexibility index (Phi) is 3.14. The van der Waals surface area contributed by atoms with Crippen molar-refractivity contribution in [2.75, 3.05) is 6.61 Å². The summed E-state index contributed by atoms with van der Waals surface area (Å²) in [5, 5.41) is 3.03. The summed E-state index contributed by atoms with van der Waals surface area (Å²) < 4.78 is 5.58. The van der Waals surface area contributed by atoms with Gasteiger partial charge in [-0.15, -0.1) is 0 Å². The number of pyridine rings is 1. The molecule has 0 fully saturated rings. The Balaban J connectivity index is 1.80. The van der Waals surface area contributed by atoms with Crippen LogP contribution in [0, 0.1) is 0 Å². The van der Waals surface area contributed by atoms with Crippen molar-refractivity contribution in [1.82, 2.24) is 10.3 Å². The molecule has 0 bridgehead atoms. The second-order valence-electron chi connectivity index (χ2n) is 4.44. The molecule has 2 heterocycles. The third-order valence-electron chi connectivity index (χ3n) is 3.19. The molecule has 19 heavy (non-hydrogen) atoms. The van der Waals surface area contributed by atoms with E-state index in [0.717, 1.165) is 17.7 Å². The predicted molar refractivity (Wildman–Crippen MR) is 71.0 cm³/mol. The summed E-state index contributed by atoms with van der Waals surface area (Å²) in [7, 11) is 0. The Morgan fingerprint density at radius 3 is 3.00 bits per heavy atom. The van der Waals surface area contributed by atoms with Gasteiger partial charge >= 0.3 is 0 Å². The number of nitrogens with zero attached hydrogens (tertiary/aromatic N) is 1. The topological polar surface area (TPSA) is 51.2 Å². The van der Waals surface area contributed by atoms with E-state index >= 15 is 0 Å². The Bertz CT molecular complexity index is 584. The zero-order chi connectivity index (χ0) is 13.1. The molecule has 1 aromatic heterocycles. The second kappa shape index (κ2) is 5.10. The molecule has 0 saturated heterocycles. The van der Waals surface area contributed by atoms with Gasteiger partial charge in [0.05, 0.1) is 18.2 Å². The van der Waals surface area contributed by atoms with Crippen LogP contribution in [0.4, 0.5) is 0 Å². The summed E-state index contributed by atoms with van der Waals surface area (Å²) in [6, 6.07) is 11.3. The normalized spacial score (nSPS) is 17.2. The minimum absolute atomic E-state index is 0.00217. The number of nitrogens with one attached hydrogen (secondary N) is 1. The number of amides is 1. The molecule has 1 unspecified atom stereocenters. The fourth-order valence-corrected chi connectivity index (χ4v) is 2.23. The van der Waals surface area contributed by atoms with E-state index < -0.39 is 0 Å². The number of rotatable bonds is 2. The van der Waals surface area contributed by atoms with E-state index in [1.807, 2.05) is 24.3 Å². The maximum Gasteiger partial charge on any atom is 0.253 e. The van der Waals surface area contributed by atoms with Crippen LogP contribution in [0.15, 0.2) is 48.8 Å². The molecule has 0 spiro atoms. The van der Waals surface area contributed by atoms with Crippen LogP contribution in [0.1, 0.15) is 28.4 Å². The largest absolute Gasteiger partial charge is 0.493 e. The lowest BCUT2D eigenvalue weighted by Gasteiger charge is -2.26. The van der Waals surface area contributed by atoms with Crippen molar-refractivity contribution in [2.24, 2.45) is 0 Å². The molecular formula is C15H14N2O2. The fraction of sp³-hybridized carbons (Fsp3) is 0.200. The van der Waals surface area contributed by atoms with Gasteiger partial charge in [0.1, 0.15) is 5.75 Å². The van der Waals surface area contributed by atoms with Gasteiger partial charge < -0.3 is 10.1 Å². The number of carbonyl (C=O) groups excluding carboxylic acids is 1. The average molecular weight is 254 g/mol. The van der Waals surface area contributed by atoms with Gasteiger partial charge in [-0.1, -0.05) is 18.2 Å². The highest BCUT2D eigenvalue weighted by Gasteiger charge is 2.22. The lowest BCUT2D eigenvalue weighted by Crippen LogP contribution is -2.32. The monoisotopic (exact) mass is 254 g/mol. The molecule has 1 aromatic carbocycles. The van der Waals surface area contributed by atoms with Gasteiger partial charge in [-0.3, -0.25) is 9.78 Å². The average Bonchev–Trinajstić information content (AvgIpc) is 2.48. The van der Waals surface area contributed by atoms with Crippen LogP contribution >= 0.6 is 0 Å². The van der Waals surface area contributed by atoms with E-state index in [1.165, 1.54) is 0 Å². The van der Waals surface area contributed by atoms with E-state index in [4.69, 9.17) is 4.74 Å². The van der Waals surface area contributed by atoms with Crippen LogP contribution in [0.5, 0.6) is 5.75 Å². The van der Waals surface area contributed by atoms with Crippen LogP contribution in [0.3, 0.4) is 0 Å². The number of hydrogen-bond donors (Lipinski definition) is 1. The molecule has 4 heteroatoms. The van der Waals surface area contributed by atoms with Crippen LogP contribution < -0.4 is 10.1 Å². The number of hydrogen-bond acceptors (Lipinski definition) is 3. The lowest BCUT2D eigenvalue weighted by molar-refractivity contribution is 0.0924. The molecule has 0 radical (unpaired) electrons. The molecule has 0 aliphatic carbocycles. The first-order valence-electron chi connectivity index (χ1n) is 6.27. The van der Waals surface area contributed by atoms with E-state index in [9.17, 15) is 4.79 Å². The predicted octanol–water partition coefficient (Wildman–Crippen LogP) is 2.34. The number of fused-ring (bicyclic) bond motifs is 1. The highest BCUT2D eigenvalue weighted by Crippen LogP contribution is 2.31. The van der Waals surface area contributed by atoms with Gasteiger partial charge in [-0.25, -0.2) is 0 Å². The summed E-state index contributed by atoms with van der Waals surface area (Å²) in [4.78, 5) is 16.1. The first-order chi connectivity index (χ1) is 9.34. The third-order valence-corrected chi connectivity index (χ3v) is 3.19. The lowest BCUT2D eigenvalue weighted by atomic mass is 10.0. The number of carbonyl (C=O) groups is 1. The van der Waals surface area contributed by atoms with Crippen molar-refractivity contribution in [3.8, 4) is 5.75 Å². The van der Waals surface area contributed by atoms with Gasteiger partial charge in [0.25, 0.3) is 5.91 Å². The second-order valence-corrected chi connectivity index (χ2v) is 4.44. The molecular weight excluding hydrogens is 240 g/mol. The van der Waals surface area contributed by atoms with Crippen LogP contribution in [0.25, 0.3) is 0 Å². The molecule has 0 saturated carbocycles. The number of benzene rings is 1. The molecule has 1 amide bonds. The highest BCUT2D eigenvalue weighted by molar-refractivity contribution is 5.94. The van der Waals surface area contributed by atoms with Crippen molar-refractivity contribution in [2.45, 2.75) is 12.5 Å². The molecule has 2 aromatic rings. The minimum Gasteiger partial charge on any atom is -0.493 e. The quantitative estimate of drug-likeness (QED) is 0.895. The smallest absolute Gasteiger partial charge is 0.253 e. The standard InChI is InChI=1S/C15H14N2O2/c18-15(11-4-3-8-16-10-11)17-13-7-9-19-14-6-2-1-5-12(13)14/h1-6,8,10,13H,7,9H2,(H,17,18). The summed E-state index contributed by atoms with van der Waals surface area (Å²) in [6.45, 7) is 0.620. The molecule has 1 aliphatic rings. The summed E-state index contributed by atoms with van der Waals surface area (Å²) in [5.74, 6) is 0.750. The minimum atomic E-state index is -0.102. The van der Waals surface area contributed by atoms with Crippen LogP contribution in [-0.4, -0.2) is 17.5 Å². The number of ether oxygens (including phenoxy) is 1. The fourth-order valence-electron chi connectivity index (χ4n) is 2.23. The first kappa shape index (κ1) is 11.7. The third kappa shape index (κ3) is 2.42. The maximum atomic E-state index is 12.1. The summed E-state index contributed by atoms with van der Waals surface area (Å²) in [5.41, 5.74) is 1.61. The van der Waals surface area contributed by atoms with Gasteiger partial charge in [-0.05, 0) is 18.2 Å². The number of para-hydroxylation sites is 1. The number of aromatic nitrogens is 1. The van der Waals surface area contributed by atoms with Crippen molar-refractivity contribution >= 4 is 5.91 Å². The summed E-state index contributed by atoms with van der Waals surface area (Å²) >= 11 is 0. The van der Waals surface area contributed by atoms with Crippen molar-refractivity contribution in [1.29, 1.82) is 0 Å². The van der Waals surface area contributed by atoms with Crippen molar-refractivity contribution < 1.29 is 9.53 Å². The van der Waals surface area contributed by atoms with E-state index in [-0.39, 0.29) is 11.9 Å². The first-order valence-corrected chi connectivity index (χ1v) is 6.27. The molecule has 4 nitrogen and oxygen atoms in total. The SMILES string of the molecule is O=C(NC1CCOc2ccccc21)c1cccnc1. The van der Waals surface area contributed by atoms with Crippen molar-refractivity contribution in [3.05, 3.63) is 59.9 Å². The zero-order valence-corrected chi connectivity index (χ0v) is 10.4. The van der Waals surface area contributed by atoms with Crippen LogP contribution in [-0.2, 0) is 0 Å². The Morgan fingerprint density at radius 2 is 2.16 bits per heavy atom. The maximum absolute atomic E-state index is 12.1. The molecule has 96 valence electrons. The Hall–Kier alpha value is -2.36. The van der Waals surface area contributed by atoms with E-state index in [2.05, 4.69) is 10.3 Å². The molecule has 1 atom stereocenters. The van der Waals surface area contributed by atoms with Gasteiger partial charge in [0, 0.05) is 24.4 Å².